The Kier molecular flexibility index (Phi) is 9.32. The standard InChI is InChI=1S/C9H17Cl3S/c1-2-3-4-5-6-7-13-8-9(10,11)12/h2-8H2,1H3. The van der Waals surface area contributed by atoms with Crippen LogP contribution in [0.5, 0.6) is 0 Å². The van der Waals surface area contributed by atoms with Gasteiger partial charge in [0, 0.05) is 5.75 Å². The van der Waals surface area contributed by atoms with E-state index in [2.05, 4.69) is 6.92 Å². The van der Waals surface area contributed by atoms with Gasteiger partial charge in [-0.15, -0.1) is 0 Å². The fraction of sp³-hybridized carbons (Fsp3) is 1.00. The van der Waals surface area contributed by atoms with Gasteiger partial charge in [-0.1, -0.05) is 67.4 Å². The van der Waals surface area contributed by atoms with Crippen LogP contribution < -0.4 is 0 Å². The number of halogens is 3. The van der Waals surface area contributed by atoms with Crippen molar-refractivity contribution in [2.75, 3.05) is 11.5 Å². The largest absolute Gasteiger partial charge is 0.199 e. The number of unbranched alkanes of at least 4 members (excludes halogenated alkanes) is 4. The van der Waals surface area contributed by atoms with Crippen molar-refractivity contribution in [3.8, 4) is 0 Å². The van der Waals surface area contributed by atoms with Crippen LogP contribution in [0.4, 0.5) is 0 Å². The lowest BCUT2D eigenvalue weighted by molar-refractivity contribution is 0.659. The Morgan fingerprint density at radius 1 is 1.00 bits per heavy atom. The molecule has 0 aliphatic carbocycles. The van der Waals surface area contributed by atoms with Crippen molar-refractivity contribution < 1.29 is 0 Å². The second-order valence-corrected chi connectivity index (χ2v) is 6.70. The van der Waals surface area contributed by atoms with Crippen LogP contribution in [0.3, 0.4) is 0 Å². The molecule has 0 aromatic heterocycles. The molecule has 0 unspecified atom stereocenters. The highest BCUT2D eigenvalue weighted by atomic mass is 35.6. The highest BCUT2D eigenvalue weighted by Crippen LogP contribution is 2.30. The summed E-state index contributed by atoms with van der Waals surface area (Å²) in [7, 11) is 0. The first-order chi connectivity index (χ1) is 6.06. The van der Waals surface area contributed by atoms with Crippen molar-refractivity contribution in [2.24, 2.45) is 0 Å². The van der Waals surface area contributed by atoms with E-state index in [0.29, 0.717) is 5.75 Å². The van der Waals surface area contributed by atoms with Gasteiger partial charge in [0.1, 0.15) is 0 Å². The molecule has 0 N–H and O–H groups in total. The van der Waals surface area contributed by atoms with Gasteiger partial charge in [0.2, 0.25) is 0 Å². The third-order valence-corrected chi connectivity index (χ3v) is 3.75. The molecule has 0 atom stereocenters. The molecule has 0 aromatic carbocycles. The molecule has 0 saturated carbocycles. The second kappa shape index (κ2) is 8.52. The molecule has 0 spiro atoms. The summed E-state index contributed by atoms with van der Waals surface area (Å²) in [6.45, 7) is 2.22. The first-order valence-corrected chi connectivity index (χ1v) is 6.99. The average Bonchev–Trinajstić information content (AvgIpc) is 2.01. The minimum Gasteiger partial charge on any atom is -0.158 e. The topological polar surface area (TPSA) is 0 Å². The van der Waals surface area contributed by atoms with E-state index in [1.807, 2.05) is 0 Å². The quantitative estimate of drug-likeness (QED) is 0.457. The summed E-state index contributed by atoms with van der Waals surface area (Å²) in [4.78, 5) is 0. The molecule has 0 aliphatic heterocycles. The summed E-state index contributed by atoms with van der Waals surface area (Å²) < 4.78 is -1.08. The van der Waals surface area contributed by atoms with E-state index in [1.165, 1.54) is 32.1 Å². The van der Waals surface area contributed by atoms with E-state index >= 15 is 0 Å². The van der Waals surface area contributed by atoms with Gasteiger partial charge in [-0.25, -0.2) is 0 Å². The summed E-state index contributed by atoms with van der Waals surface area (Å²) in [5.41, 5.74) is 0. The number of thioether (sulfide) groups is 1. The zero-order valence-electron chi connectivity index (χ0n) is 7.99. The van der Waals surface area contributed by atoms with Crippen molar-refractivity contribution in [1.82, 2.24) is 0 Å². The Labute approximate surface area is 101 Å². The van der Waals surface area contributed by atoms with Crippen molar-refractivity contribution in [3.63, 3.8) is 0 Å². The predicted octanol–water partition coefficient (Wildman–Crippen LogP) is 5.06. The molecule has 0 saturated heterocycles. The summed E-state index contributed by atoms with van der Waals surface area (Å²) in [6.07, 6.45) is 6.52. The lowest BCUT2D eigenvalue weighted by Gasteiger charge is -2.09. The first kappa shape index (κ1) is 14.2. The first-order valence-electron chi connectivity index (χ1n) is 4.70. The molecule has 0 heterocycles. The highest BCUT2D eigenvalue weighted by molar-refractivity contribution is 7.99. The van der Waals surface area contributed by atoms with E-state index < -0.39 is 3.79 Å². The van der Waals surface area contributed by atoms with E-state index in [0.717, 1.165) is 5.75 Å². The maximum Gasteiger partial charge on any atom is 0.199 e. The Morgan fingerprint density at radius 2 is 1.62 bits per heavy atom. The van der Waals surface area contributed by atoms with Gasteiger partial charge in [-0.3, -0.25) is 0 Å². The van der Waals surface area contributed by atoms with Crippen molar-refractivity contribution >= 4 is 46.6 Å². The Bertz CT molecular complexity index is 112. The molecule has 0 radical (unpaired) electrons. The Hall–Kier alpha value is 1.22. The van der Waals surface area contributed by atoms with Crippen molar-refractivity contribution in [3.05, 3.63) is 0 Å². The number of hydrogen-bond donors (Lipinski definition) is 0. The maximum atomic E-state index is 5.61. The third kappa shape index (κ3) is 13.2. The van der Waals surface area contributed by atoms with E-state index in [1.54, 1.807) is 11.8 Å². The van der Waals surface area contributed by atoms with Gasteiger partial charge in [-0.2, -0.15) is 11.8 Å². The molecule has 0 bridgehead atoms. The molecule has 0 fully saturated rings. The van der Waals surface area contributed by atoms with Gasteiger partial charge in [0.05, 0.1) is 0 Å². The van der Waals surface area contributed by atoms with Crippen LogP contribution in [-0.4, -0.2) is 15.3 Å². The molecule has 0 nitrogen and oxygen atoms in total. The van der Waals surface area contributed by atoms with Gasteiger partial charge < -0.3 is 0 Å². The molecular weight excluding hydrogens is 247 g/mol. The van der Waals surface area contributed by atoms with Crippen LogP contribution in [0.2, 0.25) is 0 Å². The summed E-state index contributed by atoms with van der Waals surface area (Å²) >= 11 is 18.5. The SMILES string of the molecule is CCCCCCCSCC(Cl)(Cl)Cl. The zero-order chi connectivity index (χ0) is 10.2. The van der Waals surface area contributed by atoms with E-state index in [9.17, 15) is 0 Å². The predicted molar refractivity (Wildman–Crippen MR) is 66.4 cm³/mol. The minimum absolute atomic E-state index is 0.603. The number of hydrogen-bond acceptors (Lipinski definition) is 1. The smallest absolute Gasteiger partial charge is 0.158 e. The van der Waals surface area contributed by atoms with Crippen LogP contribution in [0.1, 0.15) is 39.0 Å². The van der Waals surface area contributed by atoms with Gasteiger partial charge >= 0.3 is 0 Å². The van der Waals surface area contributed by atoms with Crippen LogP contribution >= 0.6 is 46.6 Å². The lowest BCUT2D eigenvalue weighted by Crippen LogP contribution is -2.05. The molecule has 0 aliphatic rings. The molecule has 13 heavy (non-hydrogen) atoms. The van der Waals surface area contributed by atoms with Crippen LogP contribution in [0.15, 0.2) is 0 Å². The van der Waals surface area contributed by atoms with Gasteiger partial charge in [0.15, 0.2) is 3.79 Å². The number of rotatable bonds is 7. The van der Waals surface area contributed by atoms with Gasteiger partial charge in [0.25, 0.3) is 0 Å². The highest BCUT2D eigenvalue weighted by Gasteiger charge is 2.18. The van der Waals surface area contributed by atoms with E-state index in [4.69, 9.17) is 34.8 Å². The summed E-state index contributed by atoms with van der Waals surface area (Å²) in [5.74, 6) is 1.71. The molecular formula is C9H17Cl3S. The van der Waals surface area contributed by atoms with Crippen LogP contribution in [-0.2, 0) is 0 Å². The fourth-order valence-electron chi connectivity index (χ4n) is 0.996. The molecule has 0 amide bonds. The Balaban J connectivity index is 3.00. The fourth-order valence-corrected chi connectivity index (χ4v) is 2.47. The minimum atomic E-state index is -1.08. The van der Waals surface area contributed by atoms with Crippen molar-refractivity contribution in [2.45, 2.75) is 42.8 Å². The normalized spacial score (nSPS) is 12.0. The van der Waals surface area contributed by atoms with Gasteiger partial charge in [-0.05, 0) is 12.2 Å². The summed E-state index contributed by atoms with van der Waals surface area (Å²) in [5, 5.41) is 0. The second-order valence-electron chi connectivity index (χ2n) is 3.08. The number of alkyl halides is 3. The van der Waals surface area contributed by atoms with Crippen LogP contribution in [0, 0.1) is 0 Å². The lowest BCUT2D eigenvalue weighted by atomic mass is 10.2. The maximum absolute atomic E-state index is 5.61. The molecule has 0 rings (SSSR count). The monoisotopic (exact) mass is 262 g/mol. The van der Waals surface area contributed by atoms with Crippen molar-refractivity contribution in [1.29, 1.82) is 0 Å². The third-order valence-electron chi connectivity index (χ3n) is 1.66. The summed E-state index contributed by atoms with van der Waals surface area (Å²) in [6, 6.07) is 0. The average molecular weight is 264 g/mol. The van der Waals surface area contributed by atoms with E-state index in [-0.39, 0.29) is 0 Å². The molecule has 0 aromatic rings. The zero-order valence-corrected chi connectivity index (χ0v) is 11.1. The Morgan fingerprint density at radius 3 is 2.15 bits per heavy atom. The van der Waals surface area contributed by atoms with Crippen LogP contribution in [0.25, 0.3) is 0 Å². The molecule has 80 valence electrons. The molecule has 4 heteroatoms.